The van der Waals surface area contributed by atoms with Crippen molar-refractivity contribution < 1.29 is 73.9 Å². The second kappa shape index (κ2) is 18.5. The Labute approximate surface area is 269 Å². The average molecular weight is 677 g/mol. The van der Waals surface area contributed by atoms with Crippen LogP contribution in [0.4, 0.5) is 5.69 Å². The molecule has 0 bridgehead atoms. The molecule has 0 aromatic heterocycles. The number of nitro groups is 1. The van der Waals surface area contributed by atoms with E-state index in [-0.39, 0.29) is 18.1 Å². The first kappa shape index (κ1) is 38.4. The summed E-state index contributed by atoms with van der Waals surface area (Å²) in [5.74, 6) is -1.93. The van der Waals surface area contributed by atoms with E-state index >= 15 is 0 Å². The molecule has 2 saturated heterocycles. The zero-order chi connectivity index (χ0) is 34.7. The smallest absolute Gasteiger partial charge is 0.310 e. The topological polar surface area (TPSA) is 277 Å². The number of benzene rings is 1. The number of aliphatic hydroxyl groups is 6. The van der Waals surface area contributed by atoms with Crippen molar-refractivity contribution in [2.45, 2.75) is 106 Å². The lowest BCUT2D eigenvalue weighted by atomic mass is 9.95. The highest BCUT2D eigenvalue weighted by Crippen LogP contribution is 2.31. The quantitative estimate of drug-likeness (QED) is 0.0407. The Morgan fingerprint density at radius 3 is 2.15 bits per heavy atom. The van der Waals surface area contributed by atoms with Gasteiger partial charge in [-0.1, -0.05) is 25.7 Å². The van der Waals surface area contributed by atoms with Crippen LogP contribution >= 0.6 is 0 Å². The molecule has 266 valence electrons. The van der Waals surface area contributed by atoms with Gasteiger partial charge in [-0.05, 0) is 25.0 Å². The molecule has 7 unspecified atom stereocenters. The number of esters is 1. The van der Waals surface area contributed by atoms with Gasteiger partial charge in [0.05, 0.1) is 25.2 Å². The number of hydrogen-bond acceptors (Lipinski definition) is 16. The Kier molecular flexibility index (Phi) is 15.1. The fourth-order valence-electron chi connectivity index (χ4n) is 5.30. The maximum absolute atomic E-state index is 13.2. The van der Waals surface area contributed by atoms with Crippen molar-refractivity contribution in [1.29, 1.82) is 0 Å². The number of phenolic OH excluding ortho intramolecular Hbond substituents is 1. The van der Waals surface area contributed by atoms with Crippen molar-refractivity contribution in [3.05, 3.63) is 33.9 Å². The van der Waals surface area contributed by atoms with Gasteiger partial charge in [0, 0.05) is 24.7 Å². The van der Waals surface area contributed by atoms with Crippen LogP contribution in [0.3, 0.4) is 0 Å². The molecule has 3 rings (SSSR count). The van der Waals surface area contributed by atoms with Crippen molar-refractivity contribution in [1.82, 2.24) is 5.32 Å². The molecule has 47 heavy (non-hydrogen) atoms. The van der Waals surface area contributed by atoms with Crippen LogP contribution in [-0.4, -0.2) is 141 Å². The largest absolute Gasteiger partial charge is 0.502 e. The summed E-state index contributed by atoms with van der Waals surface area (Å²) in [6, 6.07) is 1.47. The van der Waals surface area contributed by atoms with E-state index in [1.54, 1.807) is 0 Å². The fraction of sp³-hybridized carbons (Fsp3) is 0.724. The number of amides is 1. The van der Waals surface area contributed by atoms with Gasteiger partial charge in [-0.2, -0.15) is 0 Å². The van der Waals surface area contributed by atoms with Crippen molar-refractivity contribution in [3.8, 4) is 5.75 Å². The fourth-order valence-corrected chi connectivity index (χ4v) is 5.30. The van der Waals surface area contributed by atoms with Crippen LogP contribution in [0.15, 0.2) is 18.2 Å². The minimum Gasteiger partial charge on any atom is -0.502 e. The van der Waals surface area contributed by atoms with Gasteiger partial charge < -0.3 is 64.7 Å². The number of ether oxygens (including phenoxy) is 5. The van der Waals surface area contributed by atoms with Gasteiger partial charge in [0.15, 0.2) is 18.3 Å². The van der Waals surface area contributed by atoms with E-state index in [1.165, 1.54) is 7.11 Å². The second-order valence-corrected chi connectivity index (χ2v) is 11.3. The van der Waals surface area contributed by atoms with Gasteiger partial charge in [0.25, 0.3) is 5.91 Å². The predicted octanol–water partition coefficient (Wildman–Crippen LogP) is -1.42. The Morgan fingerprint density at radius 1 is 0.894 bits per heavy atom. The van der Waals surface area contributed by atoms with E-state index in [4.69, 9.17) is 18.9 Å². The summed E-state index contributed by atoms with van der Waals surface area (Å²) < 4.78 is 27.4. The lowest BCUT2D eigenvalue weighted by Gasteiger charge is -2.47. The summed E-state index contributed by atoms with van der Waals surface area (Å²) in [7, 11) is 1.34. The number of nitrogens with zero attached hydrogens (tertiary/aromatic N) is 1. The zero-order valence-electron chi connectivity index (χ0n) is 25.8. The molecule has 2 aliphatic heterocycles. The highest BCUT2D eigenvalue weighted by Gasteiger charge is 2.51. The number of aliphatic hydroxyl groups excluding tert-OH is 6. The number of phenols is 1. The van der Waals surface area contributed by atoms with E-state index in [2.05, 4.69) is 10.1 Å². The standard InChI is InChI=1S/C29H44N2O16/c1-43-20(35)8-6-4-2-3-5-7-11-44-28-21(30-27(40)15-9-10-16(31(41)42)17(34)12-15)23(37)26(19(14-33)46-28)47-29-25(39)24(38)22(36)18(13-32)45-29/h9-10,12,18-19,21-26,28-29,32-34,36-39H,2-8,11,13-14H2,1H3,(H,30,40)/t18?,19?,21?,22-,23?,24?,25?,26+,28+,29?/m0/s1. The summed E-state index contributed by atoms with van der Waals surface area (Å²) in [5.41, 5.74) is -0.840. The molecule has 1 aromatic rings. The van der Waals surface area contributed by atoms with E-state index in [0.717, 1.165) is 43.9 Å². The second-order valence-electron chi connectivity index (χ2n) is 11.3. The van der Waals surface area contributed by atoms with Gasteiger partial charge in [-0.15, -0.1) is 0 Å². The maximum atomic E-state index is 13.2. The summed E-state index contributed by atoms with van der Waals surface area (Å²) >= 11 is 0. The molecule has 0 aliphatic carbocycles. The van der Waals surface area contributed by atoms with Crippen LogP contribution in [0, 0.1) is 10.1 Å². The normalized spacial score (nSPS) is 30.9. The van der Waals surface area contributed by atoms with Crippen LogP contribution in [0.5, 0.6) is 5.75 Å². The van der Waals surface area contributed by atoms with E-state index in [1.807, 2.05) is 0 Å². The van der Waals surface area contributed by atoms with Crippen molar-refractivity contribution in [3.63, 3.8) is 0 Å². The number of unbranched alkanes of at least 4 members (excludes halogenated alkanes) is 5. The first-order valence-electron chi connectivity index (χ1n) is 15.3. The zero-order valence-corrected chi connectivity index (χ0v) is 25.8. The molecule has 18 heteroatoms. The monoisotopic (exact) mass is 676 g/mol. The summed E-state index contributed by atoms with van der Waals surface area (Å²) in [6.45, 7) is -1.37. The third kappa shape index (κ3) is 10.2. The molecule has 18 nitrogen and oxygen atoms in total. The molecule has 0 radical (unpaired) electrons. The first-order valence-corrected chi connectivity index (χ1v) is 15.3. The van der Waals surface area contributed by atoms with Gasteiger partial charge in [0.2, 0.25) is 0 Å². The number of hydrogen-bond donors (Lipinski definition) is 8. The number of nitro benzene ring substituents is 1. The molecule has 0 saturated carbocycles. The average Bonchev–Trinajstić information content (AvgIpc) is 3.05. The highest BCUT2D eigenvalue weighted by molar-refractivity contribution is 5.95. The highest BCUT2D eigenvalue weighted by atomic mass is 16.7. The molecule has 8 N–H and O–H groups in total. The molecule has 0 spiro atoms. The number of carbonyl (C=O) groups is 2. The molecule has 2 fully saturated rings. The summed E-state index contributed by atoms with van der Waals surface area (Å²) in [6.07, 6.45) is -9.36. The molecule has 10 atom stereocenters. The Bertz CT molecular complexity index is 1170. The Morgan fingerprint density at radius 2 is 1.53 bits per heavy atom. The van der Waals surface area contributed by atoms with Gasteiger partial charge >= 0.3 is 11.7 Å². The summed E-state index contributed by atoms with van der Waals surface area (Å²) in [5, 5.41) is 85.3. The van der Waals surface area contributed by atoms with Crippen molar-refractivity contribution >= 4 is 17.6 Å². The predicted molar refractivity (Wildman–Crippen MR) is 157 cm³/mol. The molecular weight excluding hydrogens is 632 g/mol. The molecule has 1 aromatic carbocycles. The van der Waals surface area contributed by atoms with Gasteiger partial charge in [-0.25, -0.2) is 0 Å². The Hall–Kier alpha value is -3.04. The van der Waals surface area contributed by atoms with Crippen molar-refractivity contribution in [2.75, 3.05) is 26.9 Å². The lowest BCUT2D eigenvalue weighted by molar-refractivity contribution is -0.385. The summed E-state index contributed by atoms with van der Waals surface area (Å²) in [4.78, 5) is 34.6. The minimum atomic E-state index is -1.84. The first-order chi connectivity index (χ1) is 22.4. The van der Waals surface area contributed by atoms with Crippen LogP contribution in [0.2, 0.25) is 0 Å². The number of rotatable bonds is 17. The molecule has 2 heterocycles. The van der Waals surface area contributed by atoms with Crippen molar-refractivity contribution in [2.24, 2.45) is 0 Å². The van der Waals surface area contributed by atoms with E-state index < -0.39 is 96.8 Å². The molecule has 1 amide bonds. The van der Waals surface area contributed by atoms with E-state index in [9.17, 15) is 55.4 Å². The van der Waals surface area contributed by atoms with Crippen LogP contribution in [0.1, 0.15) is 55.3 Å². The van der Waals surface area contributed by atoms with Crippen LogP contribution in [0.25, 0.3) is 0 Å². The lowest BCUT2D eigenvalue weighted by Crippen LogP contribution is -2.67. The van der Waals surface area contributed by atoms with Crippen LogP contribution in [-0.2, 0) is 28.5 Å². The maximum Gasteiger partial charge on any atom is 0.310 e. The minimum absolute atomic E-state index is 0.112. The molecular formula is C29H44N2O16. The number of carbonyl (C=O) groups excluding carboxylic acids is 2. The number of aromatic hydroxyl groups is 1. The Balaban J connectivity index is 1.71. The van der Waals surface area contributed by atoms with Gasteiger partial charge in [0.1, 0.15) is 48.8 Å². The number of methoxy groups -OCH3 is 1. The third-order valence-corrected chi connectivity index (χ3v) is 8.01. The van der Waals surface area contributed by atoms with Crippen LogP contribution < -0.4 is 5.32 Å². The molecule has 2 aliphatic rings. The van der Waals surface area contributed by atoms with Gasteiger partial charge in [-0.3, -0.25) is 19.7 Å². The number of nitrogens with one attached hydrogen (secondary N) is 1. The third-order valence-electron chi connectivity index (χ3n) is 8.01. The SMILES string of the molecule is COC(=O)CCCCCCCCO[C@@H]1OC(CO)[C@@H](OC2OC(CO)[C@H](O)C(O)C2O)C(O)C1NC(=O)c1ccc([N+](=O)[O-])c(O)c1. The van der Waals surface area contributed by atoms with E-state index in [0.29, 0.717) is 19.3 Å².